The minimum Gasteiger partial charge on any atom is -0.392 e. The number of hydrogen-bond donors (Lipinski definition) is 1. The van der Waals surface area contributed by atoms with E-state index in [0.29, 0.717) is 0 Å². The number of hydrogen-bond acceptors (Lipinski definition) is 3. The van der Waals surface area contributed by atoms with E-state index < -0.39 is 0 Å². The summed E-state index contributed by atoms with van der Waals surface area (Å²) in [6.07, 6.45) is 7.83. The van der Waals surface area contributed by atoms with Crippen LogP contribution in [0.5, 0.6) is 0 Å². The van der Waals surface area contributed by atoms with Crippen LogP contribution in [0, 0.1) is 11.8 Å². The summed E-state index contributed by atoms with van der Waals surface area (Å²) in [5.41, 5.74) is 2.15. The van der Waals surface area contributed by atoms with Crippen molar-refractivity contribution in [3.8, 4) is 0 Å². The van der Waals surface area contributed by atoms with E-state index in [-0.39, 0.29) is 6.61 Å². The Morgan fingerprint density at radius 1 is 1.31 bits per heavy atom. The summed E-state index contributed by atoms with van der Waals surface area (Å²) in [6.45, 7) is 2.43. The Balaban J connectivity index is 1.83. The second-order valence-electron chi connectivity index (χ2n) is 5.02. The van der Waals surface area contributed by atoms with Crippen LogP contribution in [0.3, 0.4) is 0 Å². The number of anilines is 1. The first-order chi connectivity index (χ1) is 7.88. The SMILES string of the molecule is OCc1ccncc1N1CC2CCCC2C1. The van der Waals surface area contributed by atoms with Gasteiger partial charge in [-0.25, -0.2) is 0 Å². The lowest BCUT2D eigenvalue weighted by atomic mass is 10.0. The number of fused-ring (bicyclic) bond motifs is 1. The highest BCUT2D eigenvalue weighted by Gasteiger charge is 2.36. The summed E-state index contributed by atoms with van der Waals surface area (Å²) >= 11 is 0. The first kappa shape index (κ1) is 10.1. The lowest BCUT2D eigenvalue weighted by molar-refractivity contribution is 0.282. The topological polar surface area (TPSA) is 36.4 Å². The van der Waals surface area contributed by atoms with Crippen LogP contribution in [-0.2, 0) is 6.61 Å². The molecule has 0 amide bonds. The van der Waals surface area contributed by atoms with Crippen molar-refractivity contribution < 1.29 is 5.11 Å². The molecule has 3 heteroatoms. The van der Waals surface area contributed by atoms with Crippen molar-refractivity contribution in [2.45, 2.75) is 25.9 Å². The molecule has 86 valence electrons. The third-order valence-corrected chi connectivity index (χ3v) is 4.12. The molecule has 0 bridgehead atoms. The zero-order chi connectivity index (χ0) is 11.0. The number of rotatable bonds is 2. The number of aliphatic hydroxyl groups excluding tert-OH is 1. The van der Waals surface area contributed by atoms with E-state index >= 15 is 0 Å². The standard InChI is InChI=1S/C13H18N2O/c16-9-12-4-5-14-6-13(12)15-7-10-2-1-3-11(10)8-15/h4-6,10-11,16H,1-3,7-9H2. The number of aliphatic hydroxyl groups is 1. The van der Waals surface area contributed by atoms with Gasteiger partial charge in [0.15, 0.2) is 0 Å². The molecule has 0 radical (unpaired) electrons. The van der Waals surface area contributed by atoms with Crippen LogP contribution >= 0.6 is 0 Å². The van der Waals surface area contributed by atoms with Gasteiger partial charge in [0, 0.05) is 24.8 Å². The Labute approximate surface area is 96.1 Å². The second kappa shape index (κ2) is 4.06. The Hall–Kier alpha value is -1.09. The second-order valence-corrected chi connectivity index (χ2v) is 5.02. The van der Waals surface area contributed by atoms with Gasteiger partial charge in [0.1, 0.15) is 0 Å². The summed E-state index contributed by atoms with van der Waals surface area (Å²) < 4.78 is 0. The molecule has 3 rings (SSSR count). The Morgan fingerprint density at radius 2 is 2.06 bits per heavy atom. The van der Waals surface area contributed by atoms with Crippen LogP contribution in [-0.4, -0.2) is 23.2 Å². The predicted molar refractivity (Wildman–Crippen MR) is 63.2 cm³/mol. The maximum absolute atomic E-state index is 9.33. The highest BCUT2D eigenvalue weighted by atomic mass is 16.3. The molecule has 2 atom stereocenters. The van der Waals surface area contributed by atoms with Gasteiger partial charge in [-0.15, -0.1) is 0 Å². The van der Waals surface area contributed by atoms with Gasteiger partial charge < -0.3 is 10.0 Å². The van der Waals surface area contributed by atoms with Gasteiger partial charge in [0.05, 0.1) is 18.5 Å². The fourth-order valence-corrected chi connectivity index (χ4v) is 3.27. The molecule has 0 aromatic carbocycles. The van der Waals surface area contributed by atoms with E-state index in [1.165, 1.54) is 19.3 Å². The molecule has 1 aromatic rings. The van der Waals surface area contributed by atoms with Crippen LogP contribution in [0.2, 0.25) is 0 Å². The van der Waals surface area contributed by atoms with Crippen molar-refractivity contribution in [2.75, 3.05) is 18.0 Å². The van der Waals surface area contributed by atoms with Crippen LogP contribution in [0.1, 0.15) is 24.8 Å². The van der Waals surface area contributed by atoms with E-state index in [9.17, 15) is 5.11 Å². The van der Waals surface area contributed by atoms with Crippen molar-refractivity contribution >= 4 is 5.69 Å². The molecule has 2 heterocycles. The average Bonchev–Trinajstić information content (AvgIpc) is 2.89. The molecule has 2 unspecified atom stereocenters. The van der Waals surface area contributed by atoms with Gasteiger partial charge in [-0.1, -0.05) is 6.42 Å². The molecule has 1 aliphatic heterocycles. The molecule has 1 saturated carbocycles. The summed E-state index contributed by atoms with van der Waals surface area (Å²) in [7, 11) is 0. The first-order valence-electron chi connectivity index (χ1n) is 6.17. The maximum Gasteiger partial charge on any atom is 0.0703 e. The van der Waals surface area contributed by atoms with Crippen molar-refractivity contribution in [1.29, 1.82) is 0 Å². The molecule has 1 saturated heterocycles. The fraction of sp³-hybridized carbons (Fsp3) is 0.615. The normalized spacial score (nSPS) is 28.4. The van der Waals surface area contributed by atoms with E-state index in [4.69, 9.17) is 0 Å². The van der Waals surface area contributed by atoms with E-state index in [0.717, 1.165) is 36.2 Å². The zero-order valence-electron chi connectivity index (χ0n) is 9.47. The lowest BCUT2D eigenvalue weighted by Crippen LogP contribution is -2.22. The highest BCUT2D eigenvalue weighted by molar-refractivity contribution is 5.52. The largest absolute Gasteiger partial charge is 0.392 e. The van der Waals surface area contributed by atoms with Gasteiger partial charge in [-0.3, -0.25) is 4.98 Å². The number of nitrogens with zero attached hydrogens (tertiary/aromatic N) is 2. The van der Waals surface area contributed by atoms with Gasteiger partial charge in [-0.2, -0.15) is 0 Å². The molecular weight excluding hydrogens is 200 g/mol. The smallest absolute Gasteiger partial charge is 0.0703 e. The number of pyridine rings is 1. The van der Waals surface area contributed by atoms with Gasteiger partial charge in [0.25, 0.3) is 0 Å². The Kier molecular flexibility index (Phi) is 2.56. The molecule has 2 aliphatic rings. The molecule has 2 fully saturated rings. The summed E-state index contributed by atoms with van der Waals surface area (Å²) in [5.74, 6) is 1.76. The van der Waals surface area contributed by atoms with Crippen LogP contribution in [0.25, 0.3) is 0 Å². The highest BCUT2D eigenvalue weighted by Crippen LogP contribution is 2.40. The van der Waals surface area contributed by atoms with Crippen molar-refractivity contribution in [3.63, 3.8) is 0 Å². The summed E-state index contributed by atoms with van der Waals surface area (Å²) in [4.78, 5) is 6.59. The van der Waals surface area contributed by atoms with Gasteiger partial charge in [-0.05, 0) is 30.7 Å². The quantitative estimate of drug-likeness (QED) is 0.822. The average molecular weight is 218 g/mol. The zero-order valence-corrected chi connectivity index (χ0v) is 9.47. The summed E-state index contributed by atoms with van der Waals surface area (Å²) in [5, 5.41) is 9.33. The fourth-order valence-electron chi connectivity index (χ4n) is 3.27. The lowest BCUT2D eigenvalue weighted by Gasteiger charge is -2.21. The maximum atomic E-state index is 9.33. The third kappa shape index (κ3) is 1.59. The minimum absolute atomic E-state index is 0.115. The Morgan fingerprint density at radius 3 is 2.75 bits per heavy atom. The Bertz CT molecular complexity index is 368. The van der Waals surface area contributed by atoms with Crippen molar-refractivity contribution in [2.24, 2.45) is 11.8 Å². The number of aromatic nitrogens is 1. The van der Waals surface area contributed by atoms with Crippen LogP contribution < -0.4 is 4.90 Å². The van der Waals surface area contributed by atoms with Gasteiger partial charge >= 0.3 is 0 Å². The molecule has 1 N–H and O–H groups in total. The molecule has 0 spiro atoms. The monoisotopic (exact) mass is 218 g/mol. The van der Waals surface area contributed by atoms with Crippen molar-refractivity contribution in [3.05, 3.63) is 24.0 Å². The molecular formula is C13H18N2O. The van der Waals surface area contributed by atoms with Crippen molar-refractivity contribution in [1.82, 2.24) is 4.98 Å². The predicted octanol–water partition coefficient (Wildman–Crippen LogP) is 1.81. The van der Waals surface area contributed by atoms with E-state index in [1.807, 2.05) is 12.3 Å². The van der Waals surface area contributed by atoms with Gasteiger partial charge in [0.2, 0.25) is 0 Å². The van der Waals surface area contributed by atoms with Crippen LogP contribution in [0.15, 0.2) is 18.5 Å². The third-order valence-electron chi connectivity index (χ3n) is 4.12. The van der Waals surface area contributed by atoms with E-state index in [1.54, 1.807) is 6.20 Å². The molecule has 16 heavy (non-hydrogen) atoms. The molecule has 3 nitrogen and oxygen atoms in total. The van der Waals surface area contributed by atoms with Crippen LogP contribution in [0.4, 0.5) is 5.69 Å². The molecule has 1 aromatic heterocycles. The minimum atomic E-state index is 0.115. The van der Waals surface area contributed by atoms with E-state index in [2.05, 4.69) is 9.88 Å². The summed E-state index contributed by atoms with van der Waals surface area (Å²) in [6, 6.07) is 1.92. The first-order valence-corrected chi connectivity index (χ1v) is 6.17. The molecule has 1 aliphatic carbocycles.